The summed E-state index contributed by atoms with van der Waals surface area (Å²) in [6.45, 7) is 0.204. The van der Waals surface area contributed by atoms with Gasteiger partial charge in [-0.15, -0.1) is 0 Å². The van der Waals surface area contributed by atoms with Crippen LogP contribution in [0, 0.1) is 0 Å². The lowest BCUT2D eigenvalue weighted by Gasteiger charge is -2.23. The second kappa shape index (κ2) is 5.71. The first-order valence-corrected chi connectivity index (χ1v) is 7.99. The summed E-state index contributed by atoms with van der Waals surface area (Å²) < 4.78 is 27.0. The molecule has 0 radical (unpaired) electrons. The highest BCUT2D eigenvalue weighted by Gasteiger charge is 2.36. The summed E-state index contributed by atoms with van der Waals surface area (Å²) >= 11 is 3.20. The van der Waals surface area contributed by atoms with Crippen LogP contribution in [0.1, 0.15) is 12.8 Å². The molecule has 0 aliphatic carbocycles. The highest BCUT2D eigenvalue weighted by atomic mass is 79.9. The molecule has 19 heavy (non-hydrogen) atoms. The molecule has 1 unspecified atom stereocenters. The van der Waals surface area contributed by atoms with Crippen molar-refractivity contribution in [1.29, 1.82) is 0 Å². The zero-order chi connectivity index (χ0) is 14.0. The van der Waals surface area contributed by atoms with E-state index in [1.807, 2.05) is 0 Å². The number of sulfonamides is 1. The minimum absolute atomic E-state index is 0.00438. The van der Waals surface area contributed by atoms with Gasteiger partial charge in [0.25, 0.3) is 0 Å². The number of aromatic nitrogens is 1. The van der Waals surface area contributed by atoms with Crippen molar-refractivity contribution in [2.24, 2.45) is 5.84 Å². The molecule has 2 heterocycles. The topological polar surface area (TPSA) is 109 Å². The van der Waals surface area contributed by atoms with Gasteiger partial charge in [0.15, 0.2) is 5.82 Å². The van der Waals surface area contributed by atoms with Crippen molar-refractivity contribution < 1.29 is 13.5 Å². The standard InChI is InChI=1S/C10H15BrN4O3S/c11-7-4-9(10(14-12)13-5-7)19(17,18)15-3-1-2-8(15)6-16/h4-5,8,16H,1-3,6,12H2,(H,13,14). The minimum atomic E-state index is -3.73. The van der Waals surface area contributed by atoms with E-state index in [-0.39, 0.29) is 23.4 Å². The third-order valence-electron chi connectivity index (χ3n) is 3.08. The molecule has 1 aliphatic rings. The third kappa shape index (κ3) is 2.75. The maximum atomic E-state index is 12.6. The van der Waals surface area contributed by atoms with Crippen molar-refractivity contribution >= 4 is 31.8 Å². The molecule has 0 amide bonds. The summed E-state index contributed by atoms with van der Waals surface area (Å²) in [5.41, 5.74) is 2.28. The van der Waals surface area contributed by atoms with E-state index in [0.717, 1.165) is 6.42 Å². The van der Waals surface area contributed by atoms with Gasteiger partial charge in [-0.3, -0.25) is 0 Å². The van der Waals surface area contributed by atoms with Gasteiger partial charge in [-0.2, -0.15) is 4.31 Å². The number of hydrogen-bond acceptors (Lipinski definition) is 6. The zero-order valence-electron chi connectivity index (χ0n) is 10.1. The Morgan fingerprint density at radius 2 is 2.37 bits per heavy atom. The molecule has 1 aliphatic heterocycles. The number of halogens is 1. The van der Waals surface area contributed by atoms with E-state index in [2.05, 4.69) is 26.3 Å². The summed E-state index contributed by atoms with van der Waals surface area (Å²) in [5, 5.41) is 9.26. The van der Waals surface area contributed by atoms with Gasteiger partial charge >= 0.3 is 0 Å². The number of aliphatic hydroxyl groups is 1. The molecule has 7 nitrogen and oxygen atoms in total. The molecule has 1 aromatic rings. The van der Waals surface area contributed by atoms with E-state index in [1.54, 1.807) is 0 Å². The molecule has 1 saturated heterocycles. The Balaban J connectivity index is 2.47. The number of anilines is 1. The van der Waals surface area contributed by atoms with Crippen LogP contribution in [0.3, 0.4) is 0 Å². The maximum absolute atomic E-state index is 12.6. The SMILES string of the molecule is NNc1ncc(Br)cc1S(=O)(=O)N1CCCC1CO. The molecular formula is C10H15BrN4O3S. The van der Waals surface area contributed by atoms with Crippen LogP contribution in [0.25, 0.3) is 0 Å². The fraction of sp³-hybridized carbons (Fsp3) is 0.500. The lowest BCUT2D eigenvalue weighted by molar-refractivity contribution is 0.213. The van der Waals surface area contributed by atoms with Crippen LogP contribution in [-0.2, 0) is 10.0 Å². The Morgan fingerprint density at radius 3 is 3.00 bits per heavy atom. The summed E-state index contributed by atoms with van der Waals surface area (Å²) in [6, 6.07) is 1.07. The van der Waals surface area contributed by atoms with Crippen LogP contribution in [0.15, 0.2) is 21.6 Å². The van der Waals surface area contributed by atoms with Gasteiger partial charge in [0.2, 0.25) is 10.0 Å². The average Bonchev–Trinajstić information content (AvgIpc) is 2.87. The van der Waals surface area contributed by atoms with Gasteiger partial charge in [0, 0.05) is 23.3 Å². The fourth-order valence-corrected chi connectivity index (χ4v) is 4.46. The molecule has 0 spiro atoms. The van der Waals surface area contributed by atoms with E-state index >= 15 is 0 Å². The Bertz CT molecular complexity index is 566. The first-order valence-electron chi connectivity index (χ1n) is 5.75. The van der Waals surface area contributed by atoms with Crippen LogP contribution in [0.5, 0.6) is 0 Å². The van der Waals surface area contributed by atoms with Crippen molar-refractivity contribution in [1.82, 2.24) is 9.29 Å². The second-order valence-electron chi connectivity index (χ2n) is 4.24. The highest BCUT2D eigenvalue weighted by molar-refractivity contribution is 9.10. The summed E-state index contributed by atoms with van der Waals surface area (Å²) in [4.78, 5) is 3.94. The van der Waals surface area contributed by atoms with E-state index in [4.69, 9.17) is 5.84 Å². The van der Waals surface area contributed by atoms with E-state index in [0.29, 0.717) is 17.4 Å². The highest BCUT2D eigenvalue weighted by Crippen LogP contribution is 2.30. The predicted molar refractivity (Wildman–Crippen MR) is 73.7 cm³/mol. The molecule has 0 bridgehead atoms. The summed E-state index contributed by atoms with van der Waals surface area (Å²) in [7, 11) is -3.73. The number of nitrogens with one attached hydrogen (secondary N) is 1. The lowest BCUT2D eigenvalue weighted by atomic mass is 10.2. The van der Waals surface area contributed by atoms with Gasteiger partial charge in [-0.1, -0.05) is 0 Å². The number of nitrogen functional groups attached to an aromatic ring is 1. The average molecular weight is 351 g/mol. The number of nitrogens with zero attached hydrogens (tertiary/aromatic N) is 2. The van der Waals surface area contributed by atoms with Gasteiger partial charge in [-0.25, -0.2) is 19.2 Å². The molecule has 9 heteroatoms. The zero-order valence-corrected chi connectivity index (χ0v) is 12.5. The van der Waals surface area contributed by atoms with Crippen molar-refractivity contribution in [2.75, 3.05) is 18.6 Å². The quantitative estimate of drug-likeness (QED) is 0.531. The van der Waals surface area contributed by atoms with E-state index in [9.17, 15) is 13.5 Å². The lowest BCUT2D eigenvalue weighted by Crippen LogP contribution is -2.38. The summed E-state index contributed by atoms with van der Waals surface area (Å²) in [5.74, 6) is 5.39. The second-order valence-corrected chi connectivity index (χ2v) is 7.01. The van der Waals surface area contributed by atoms with Crippen LogP contribution in [0.4, 0.5) is 5.82 Å². The smallest absolute Gasteiger partial charge is 0.247 e. The van der Waals surface area contributed by atoms with E-state index in [1.165, 1.54) is 16.6 Å². The molecule has 4 N–H and O–H groups in total. The Labute approximate surface area is 120 Å². The molecule has 1 atom stereocenters. The van der Waals surface area contributed by atoms with Gasteiger partial charge in [0.05, 0.1) is 6.61 Å². The molecule has 0 saturated carbocycles. The molecule has 1 aromatic heterocycles. The fourth-order valence-electron chi connectivity index (χ4n) is 2.16. The molecular weight excluding hydrogens is 336 g/mol. The number of rotatable bonds is 4. The molecule has 1 fully saturated rings. The predicted octanol–water partition coefficient (Wildman–Crippen LogP) is 0.275. The minimum Gasteiger partial charge on any atom is -0.395 e. The maximum Gasteiger partial charge on any atom is 0.247 e. The van der Waals surface area contributed by atoms with Crippen molar-refractivity contribution in [3.8, 4) is 0 Å². The summed E-state index contributed by atoms with van der Waals surface area (Å²) in [6.07, 6.45) is 2.85. The van der Waals surface area contributed by atoms with E-state index < -0.39 is 10.0 Å². The largest absolute Gasteiger partial charge is 0.395 e. The number of pyridine rings is 1. The molecule has 2 rings (SSSR count). The normalized spacial score (nSPS) is 20.7. The van der Waals surface area contributed by atoms with Gasteiger partial charge < -0.3 is 10.5 Å². The Morgan fingerprint density at radius 1 is 1.63 bits per heavy atom. The number of hydrazine groups is 1. The Kier molecular flexibility index (Phi) is 4.41. The third-order valence-corrected chi connectivity index (χ3v) is 5.48. The van der Waals surface area contributed by atoms with Gasteiger partial charge in [-0.05, 0) is 34.8 Å². The van der Waals surface area contributed by atoms with Crippen molar-refractivity contribution in [3.63, 3.8) is 0 Å². The van der Waals surface area contributed by atoms with Crippen LogP contribution in [-0.4, -0.2) is 42.0 Å². The van der Waals surface area contributed by atoms with Crippen molar-refractivity contribution in [2.45, 2.75) is 23.8 Å². The van der Waals surface area contributed by atoms with Crippen LogP contribution < -0.4 is 11.3 Å². The van der Waals surface area contributed by atoms with Crippen LogP contribution in [0.2, 0.25) is 0 Å². The number of nitrogens with two attached hydrogens (primary N) is 1. The number of hydrogen-bond donors (Lipinski definition) is 3. The monoisotopic (exact) mass is 350 g/mol. The first-order chi connectivity index (χ1) is 9.00. The van der Waals surface area contributed by atoms with Crippen LogP contribution >= 0.6 is 15.9 Å². The first kappa shape index (κ1) is 14.7. The number of aliphatic hydroxyl groups excluding tert-OH is 1. The van der Waals surface area contributed by atoms with Crippen molar-refractivity contribution in [3.05, 3.63) is 16.7 Å². The molecule has 106 valence electrons. The molecule has 0 aromatic carbocycles. The van der Waals surface area contributed by atoms with Gasteiger partial charge in [0.1, 0.15) is 4.90 Å². The Hall–Kier alpha value is -0.740.